The lowest BCUT2D eigenvalue weighted by Crippen LogP contribution is -2.24. The van der Waals surface area contributed by atoms with Gasteiger partial charge in [0, 0.05) is 23.1 Å². The van der Waals surface area contributed by atoms with Crippen LogP contribution in [0.25, 0.3) is 33.4 Å². The fourth-order valence-corrected chi connectivity index (χ4v) is 4.46. The van der Waals surface area contributed by atoms with E-state index in [4.69, 9.17) is 4.74 Å². The third-order valence-electron chi connectivity index (χ3n) is 6.46. The number of aryl methyl sites for hydroxylation is 1. The molecule has 4 N–H and O–H groups in total. The van der Waals surface area contributed by atoms with E-state index in [2.05, 4.69) is 39.3 Å². The second-order valence-corrected chi connectivity index (χ2v) is 9.99. The van der Waals surface area contributed by atoms with Crippen molar-refractivity contribution in [1.29, 1.82) is 0 Å². The first kappa shape index (κ1) is 26.7. The average molecular weight is 538 g/mol. The Labute approximate surface area is 231 Å². The number of aromatic nitrogens is 4. The van der Waals surface area contributed by atoms with Crippen LogP contribution < -0.4 is 15.7 Å². The number of aromatic hydroxyl groups is 1. The summed E-state index contributed by atoms with van der Waals surface area (Å²) in [5, 5.41) is 21.2. The van der Waals surface area contributed by atoms with Crippen molar-refractivity contribution in [3.05, 3.63) is 94.5 Å². The summed E-state index contributed by atoms with van der Waals surface area (Å²) in [4.78, 5) is 32.0. The van der Waals surface area contributed by atoms with Gasteiger partial charge < -0.3 is 20.1 Å². The minimum atomic E-state index is -0.445. The van der Waals surface area contributed by atoms with Crippen molar-refractivity contribution >= 4 is 16.8 Å². The molecule has 0 aliphatic carbocycles. The van der Waals surface area contributed by atoms with Crippen LogP contribution in [0.3, 0.4) is 0 Å². The number of carbonyl (C=O) groups excluding carboxylic acids is 1. The first-order valence-electron chi connectivity index (χ1n) is 13.3. The third kappa shape index (κ3) is 6.04. The summed E-state index contributed by atoms with van der Waals surface area (Å²) in [6.45, 7) is 5.17. The number of nitrogens with one attached hydrogen (secondary N) is 3. The number of phenols is 1. The predicted octanol–water partition coefficient (Wildman–Crippen LogP) is 5.08. The summed E-state index contributed by atoms with van der Waals surface area (Å²) in [5.41, 5.74) is 4.27. The van der Waals surface area contributed by atoms with Gasteiger partial charge in [-0.15, -0.1) is 0 Å². The first-order chi connectivity index (χ1) is 19.4. The number of H-pyrrole nitrogens is 2. The molecular weight excluding hydrogens is 506 g/mol. The van der Waals surface area contributed by atoms with Gasteiger partial charge >= 0.3 is 5.69 Å². The molecule has 0 saturated heterocycles. The first-order valence-corrected chi connectivity index (χ1v) is 13.3. The minimum absolute atomic E-state index is 0.0473. The number of rotatable bonds is 10. The van der Waals surface area contributed by atoms with Crippen LogP contribution >= 0.6 is 0 Å². The lowest BCUT2D eigenvalue weighted by Gasteiger charge is -2.13. The van der Waals surface area contributed by atoms with Crippen LogP contribution in [0.5, 0.6) is 11.5 Å². The van der Waals surface area contributed by atoms with Crippen molar-refractivity contribution in [1.82, 2.24) is 25.5 Å². The molecule has 0 radical (unpaired) electrons. The molecule has 9 heteroatoms. The Bertz CT molecular complexity index is 1710. The molecule has 40 heavy (non-hydrogen) atoms. The number of amides is 1. The topological polar surface area (TPSA) is 133 Å². The second kappa shape index (κ2) is 11.9. The summed E-state index contributed by atoms with van der Waals surface area (Å²) in [6, 6.07) is 21.7. The summed E-state index contributed by atoms with van der Waals surface area (Å²) in [5.74, 6) is 0.698. The Hall–Kier alpha value is -4.92. The molecule has 5 aromatic rings. The van der Waals surface area contributed by atoms with Gasteiger partial charge in [-0.05, 0) is 61.2 Å². The molecule has 2 heterocycles. The molecule has 0 aliphatic rings. The van der Waals surface area contributed by atoms with Crippen LogP contribution in [-0.4, -0.2) is 44.3 Å². The predicted molar refractivity (Wildman–Crippen MR) is 154 cm³/mol. The van der Waals surface area contributed by atoms with E-state index in [0.29, 0.717) is 49.0 Å². The van der Waals surface area contributed by atoms with Gasteiger partial charge in [-0.3, -0.25) is 9.89 Å². The number of hydrogen-bond acceptors (Lipinski definition) is 6. The van der Waals surface area contributed by atoms with Crippen LogP contribution in [0.15, 0.2) is 77.6 Å². The highest BCUT2D eigenvalue weighted by Crippen LogP contribution is 2.31. The van der Waals surface area contributed by atoms with Crippen molar-refractivity contribution in [2.75, 3.05) is 13.2 Å². The molecule has 3 aromatic carbocycles. The number of ether oxygens (including phenoxy) is 1. The third-order valence-corrected chi connectivity index (χ3v) is 6.46. The summed E-state index contributed by atoms with van der Waals surface area (Å²) in [7, 11) is 0. The molecule has 1 amide bonds. The smallest absolute Gasteiger partial charge is 0.345 e. The molecular formula is C31H31N5O4. The van der Waals surface area contributed by atoms with Gasteiger partial charge in [0.1, 0.15) is 11.5 Å². The maximum atomic E-state index is 12.6. The van der Waals surface area contributed by atoms with Crippen molar-refractivity contribution in [3.8, 4) is 34.0 Å². The Balaban J connectivity index is 1.34. The van der Waals surface area contributed by atoms with Crippen LogP contribution in [0.4, 0.5) is 0 Å². The van der Waals surface area contributed by atoms with Crippen LogP contribution in [0.2, 0.25) is 0 Å². The number of nitrogens with zero attached hydrogens (tertiary/aromatic N) is 2. The number of phenolic OH excluding ortho intramolecular Hbond substituents is 1. The highest BCUT2D eigenvalue weighted by molar-refractivity contribution is 5.96. The number of aromatic amines is 2. The summed E-state index contributed by atoms with van der Waals surface area (Å²) >= 11 is 0. The van der Waals surface area contributed by atoms with E-state index in [1.807, 2.05) is 48.5 Å². The maximum Gasteiger partial charge on any atom is 0.345 e. The molecule has 204 valence electrons. The van der Waals surface area contributed by atoms with Gasteiger partial charge in [0.15, 0.2) is 0 Å². The lowest BCUT2D eigenvalue weighted by molar-refractivity contribution is 0.0950. The van der Waals surface area contributed by atoms with E-state index in [9.17, 15) is 14.7 Å². The maximum absolute atomic E-state index is 12.6. The largest absolute Gasteiger partial charge is 0.507 e. The normalized spacial score (nSPS) is 11.2. The highest BCUT2D eigenvalue weighted by Gasteiger charge is 2.14. The minimum Gasteiger partial charge on any atom is -0.507 e. The molecule has 0 aliphatic heterocycles. The van der Waals surface area contributed by atoms with Crippen molar-refractivity contribution < 1.29 is 14.6 Å². The lowest BCUT2D eigenvalue weighted by atomic mass is 10.0. The number of fused-ring (bicyclic) bond motifs is 1. The van der Waals surface area contributed by atoms with Crippen LogP contribution in [-0.2, 0) is 6.42 Å². The molecule has 0 unspecified atom stereocenters. The summed E-state index contributed by atoms with van der Waals surface area (Å²) in [6.07, 6.45) is 1.28. The van der Waals surface area contributed by atoms with E-state index in [1.165, 1.54) is 6.07 Å². The molecule has 5 rings (SSSR count). The average Bonchev–Trinajstić information content (AvgIpc) is 3.36. The molecule has 0 bridgehead atoms. The SMILES string of the molecule is CC(C)COc1ccccc1-c1cc(-c2ccc3[nH]nc(CCCNC(=O)c4ccccc4O)c3c2)nc(=O)[nH]1. The van der Waals surface area contributed by atoms with Crippen molar-refractivity contribution in [2.45, 2.75) is 26.7 Å². The van der Waals surface area contributed by atoms with Crippen molar-refractivity contribution in [2.24, 2.45) is 5.92 Å². The van der Waals surface area contributed by atoms with E-state index in [-0.39, 0.29) is 17.2 Å². The van der Waals surface area contributed by atoms with E-state index in [1.54, 1.807) is 18.2 Å². The quantitative estimate of drug-likeness (QED) is 0.184. The molecule has 0 spiro atoms. The zero-order chi connectivity index (χ0) is 28.1. The zero-order valence-corrected chi connectivity index (χ0v) is 22.4. The zero-order valence-electron chi connectivity index (χ0n) is 22.4. The van der Waals surface area contributed by atoms with Crippen LogP contribution in [0, 0.1) is 5.92 Å². The van der Waals surface area contributed by atoms with E-state index >= 15 is 0 Å². The molecule has 0 fully saturated rings. The number of carbonyl (C=O) groups is 1. The Morgan fingerprint density at radius 2 is 1.85 bits per heavy atom. The monoisotopic (exact) mass is 537 g/mol. The fraction of sp³-hybridized carbons (Fsp3) is 0.226. The number of para-hydroxylation sites is 2. The second-order valence-electron chi connectivity index (χ2n) is 9.99. The van der Waals surface area contributed by atoms with Gasteiger partial charge in [-0.1, -0.05) is 44.2 Å². The van der Waals surface area contributed by atoms with Crippen molar-refractivity contribution in [3.63, 3.8) is 0 Å². The van der Waals surface area contributed by atoms with Gasteiger partial charge in [0.25, 0.3) is 5.91 Å². The summed E-state index contributed by atoms with van der Waals surface area (Å²) < 4.78 is 6.00. The van der Waals surface area contributed by atoms with Crippen LogP contribution in [0.1, 0.15) is 36.3 Å². The number of benzene rings is 3. The Morgan fingerprint density at radius 3 is 2.67 bits per heavy atom. The van der Waals surface area contributed by atoms with E-state index in [0.717, 1.165) is 27.7 Å². The van der Waals surface area contributed by atoms with Gasteiger partial charge in [0.05, 0.1) is 34.8 Å². The molecule has 2 aromatic heterocycles. The Kier molecular flexibility index (Phi) is 7.91. The van der Waals surface area contributed by atoms with Gasteiger partial charge in [0.2, 0.25) is 0 Å². The highest BCUT2D eigenvalue weighted by atomic mass is 16.5. The molecule has 0 saturated carbocycles. The fourth-order valence-electron chi connectivity index (χ4n) is 4.46. The van der Waals surface area contributed by atoms with Gasteiger partial charge in [-0.2, -0.15) is 10.1 Å². The molecule has 9 nitrogen and oxygen atoms in total. The molecule has 0 atom stereocenters. The Morgan fingerprint density at radius 1 is 1.05 bits per heavy atom. The van der Waals surface area contributed by atoms with E-state index < -0.39 is 5.69 Å². The van der Waals surface area contributed by atoms with Gasteiger partial charge in [-0.25, -0.2) is 4.79 Å². The standard InChI is InChI=1S/C31H31N5O4/c1-19(2)18-40-29-12-6-4-8-21(29)27-17-26(33-31(39)34-27)20-13-14-25-23(16-20)24(35-36-25)10-7-15-32-30(38)22-9-3-5-11-28(22)37/h3-6,8-9,11-14,16-17,19,37H,7,10,15,18H2,1-2H3,(H,32,38)(H,35,36)(H,33,34,39). The number of hydrogen-bond donors (Lipinski definition) is 4.